The number of anilines is 1. The summed E-state index contributed by atoms with van der Waals surface area (Å²) in [6.45, 7) is 0. The third-order valence-corrected chi connectivity index (χ3v) is 5.34. The lowest BCUT2D eigenvalue weighted by Gasteiger charge is -2.25. The molecule has 1 saturated heterocycles. The molecule has 3 aromatic carbocycles. The van der Waals surface area contributed by atoms with E-state index in [9.17, 15) is 19.1 Å². The fourth-order valence-corrected chi connectivity index (χ4v) is 3.82. The molecule has 0 saturated carbocycles. The molecule has 0 aliphatic carbocycles. The lowest BCUT2D eigenvalue weighted by atomic mass is 9.94. The first-order valence-electron chi connectivity index (χ1n) is 9.80. The second kappa shape index (κ2) is 8.55. The molecule has 32 heavy (non-hydrogen) atoms. The summed E-state index contributed by atoms with van der Waals surface area (Å²) in [4.78, 5) is 27.3. The van der Waals surface area contributed by atoms with Crippen LogP contribution in [0.15, 0.2) is 78.4 Å². The Kier molecular flexibility index (Phi) is 5.64. The van der Waals surface area contributed by atoms with Gasteiger partial charge < -0.3 is 14.6 Å². The zero-order valence-electron chi connectivity index (χ0n) is 17.4. The van der Waals surface area contributed by atoms with Crippen LogP contribution in [0.2, 0.25) is 0 Å². The molecule has 1 N–H and O–H groups in total. The van der Waals surface area contributed by atoms with Gasteiger partial charge in [0.2, 0.25) is 0 Å². The van der Waals surface area contributed by atoms with Crippen molar-refractivity contribution in [3.05, 3.63) is 95.3 Å². The lowest BCUT2D eigenvalue weighted by molar-refractivity contribution is -0.132. The van der Waals surface area contributed by atoms with Crippen molar-refractivity contribution in [3.63, 3.8) is 0 Å². The quantitative estimate of drug-likeness (QED) is 0.365. The third kappa shape index (κ3) is 3.47. The molecular formula is C25H20FNO5. The predicted octanol–water partition coefficient (Wildman–Crippen LogP) is 4.47. The highest BCUT2D eigenvalue weighted by Gasteiger charge is 2.47. The van der Waals surface area contributed by atoms with Gasteiger partial charge in [-0.15, -0.1) is 0 Å². The molecule has 1 aliphatic rings. The van der Waals surface area contributed by atoms with Gasteiger partial charge in [0.15, 0.2) is 11.5 Å². The zero-order chi connectivity index (χ0) is 22.8. The van der Waals surface area contributed by atoms with Crippen LogP contribution in [0.25, 0.3) is 5.76 Å². The van der Waals surface area contributed by atoms with E-state index in [0.717, 1.165) is 0 Å². The Morgan fingerprint density at radius 1 is 0.906 bits per heavy atom. The van der Waals surface area contributed by atoms with E-state index in [-0.39, 0.29) is 16.7 Å². The number of benzene rings is 3. The van der Waals surface area contributed by atoms with E-state index in [0.29, 0.717) is 17.2 Å². The Hall–Kier alpha value is -4.13. The Morgan fingerprint density at radius 3 is 2.22 bits per heavy atom. The van der Waals surface area contributed by atoms with Gasteiger partial charge in [0, 0.05) is 16.8 Å². The largest absolute Gasteiger partial charge is 0.507 e. The monoisotopic (exact) mass is 433 g/mol. The smallest absolute Gasteiger partial charge is 0.300 e. The SMILES string of the molecule is COc1ccc(/C(O)=C2\C(=O)C(=O)N(c3ccccc3)C2c2ccccc2F)cc1OC. The van der Waals surface area contributed by atoms with Crippen molar-refractivity contribution in [1.29, 1.82) is 0 Å². The number of aliphatic hydroxyl groups excluding tert-OH is 1. The summed E-state index contributed by atoms with van der Waals surface area (Å²) < 4.78 is 25.3. The van der Waals surface area contributed by atoms with E-state index >= 15 is 0 Å². The normalized spacial score (nSPS) is 17.5. The van der Waals surface area contributed by atoms with Crippen LogP contribution in [-0.4, -0.2) is 31.0 Å². The number of amides is 1. The predicted molar refractivity (Wildman–Crippen MR) is 117 cm³/mol. The number of methoxy groups -OCH3 is 2. The van der Waals surface area contributed by atoms with Gasteiger partial charge >= 0.3 is 0 Å². The summed E-state index contributed by atoms with van der Waals surface area (Å²) in [6, 6.07) is 17.8. The average Bonchev–Trinajstić information content (AvgIpc) is 3.09. The number of carbonyl (C=O) groups excluding carboxylic acids is 2. The summed E-state index contributed by atoms with van der Waals surface area (Å²) in [7, 11) is 2.91. The van der Waals surface area contributed by atoms with Gasteiger partial charge in [-0.25, -0.2) is 4.39 Å². The molecule has 1 amide bonds. The van der Waals surface area contributed by atoms with E-state index in [1.54, 1.807) is 42.5 Å². The first-order chi connectivity index (χ1) is 15.5. The van der Waals surface area contributed by atoms with Gasteiger partial charge in [0.1, 0.15) is 11.6 Å². The molecular weight excluding hydrogens is 413 g/mol. The fourth-order valence-electron chi connectivity index (χ4n) is 3.82. The van der Waals surface area contributed by atoms with Crippen molar-refractivity contribution >= 4 is 23.1 Å². The second-order valence-electron chi connectivity index (χ2n) is 7.10. The molecule has 1 fully saturated rings. The maximum absolute atomic E-state index is 14.9. The Balaban J connectivity index is 1.96. The minimum Gasteiger partial charge on any atom is -0.507 e. The zero-order valence-corrected chi connectivity index (χ0v) is 17.4. The van der Waals surface area contributed by atoms with Gasteiger partial charge in [-0.1, -0.05) is 36.4 Å². The summed E-state index contributed by atoms with van der Waals surface area (Å²) in [6.07, 6.45) is 0. The minimum absolute atomic E-state index is 0.0950. The fraction of sp³-hybridized carbons (Fsp3) is 0.120. The first-order valence-corrected chi connectivity index (χ1v) is 9.80. The van der Waals surface area contributed by atoms with E-state index in [2.05, 4.69) is 0 Å². The topological polar surface area (TPSA) is 76.1 Å². The Morgan fingerprint density at radius 2 is 1.56 bits per heavy atom. The lowest BCUT2D eigenvalue weighted by Crippen LogP contribution is -2.29. The van der Waals surface area contributed by atoms with Gasteiger partial charge in [0.25, 0.3) is 11.7 Å². The number of para-hydroxylation sites is 1. The molecule has 162 valence electrons. The van der Waals surface area contributed by atoms with Crippen LogP contribution >= 0.6 is 0 Å². The first kappa shape index (κ1) is 21.1. The van der Waals surface area contributed by atoms with Crippen LogP contribution in [0.3, 0.4) is 0 Å². The third-order valence-electron chi connectivity index (χ3n) is 5.34. The molecule has 6 nitrogen and oxygen atoms in total. The van der Waals surface area contributed by atoms with Gasteiger partial charge in [-0.2, -0.15) is 0 Å². The number of carbonyl (C=O) groups is 2. The Bertz CT molecular complexity index is 1220. The maximum atomic E-state index is 14.9. The highest BCUT2D eigenvalue weighted by Crippen LogP contribution is 2.43. The van der Waals surface area contributed by atoms with Gasteiger partial charge in [-0.05, 0) is 36.4 Å². The van der Waals surface area contributed by atoms with E-state index in [1.165, 1.54) is 49.5 Å². The number of ether oxygens (including phenoxy) is 2. The van der Waals surface area contributed by atoms with Crippen LogP contribution < -0.4 is 14.4 Å². The number of aliphatic hydroxyl groups is 1. The molecule has 0 bridgehead atoms. The van der Waals surface area contributed by atoms with E-state index in [1.807, 2.05) is 0 Å². The minimum atomic E-state index is -1.15. The standard InChI is InChI=1S/C25H20FNO5/c1-31-19-13-12-15(14-20(19)32-2)23(28)21-22(17-10-6-7-11-18(17)26)27(25(30)24(21)29)16-8-4-3-5-9-16/h3-14,22,28H,1-2H3/b23-21+. The van der Waals surface area contributed by atoms with Crippen LogP contribution in [-0.2, 0) is 9.59 Å². The summed E-state index contributed by atoms with van der Waals surface area (Å²) in [5.41, 5.74) is 0.526. The van der Waals surface area contributed by atoms with E-state index in [4.69, 9.17) is 9.47 Å². The van der Waals surface area contributed by atoms with Gasteiger partial charge in [0.05, 0.1) is 25.8 Å². The number of Topliss-reactive ketones (excluding diaryl/α,β-unsaturated/α-hetero) is 1. The number of halogens is 1. The molecule has 1 unspecified atom stereocenters. The molecule has 1 heterocycles. The van der Waals surface area contributed by atoms with Crippen molar-refractivity contribution in [3.8, 4) is 11.5 Å². The van der Waals surface area contributed by atoms with Crippen LogP contribution in [0.5, 0.6) is 11.5 Å². The maximum Gasteiger partial charge on any atom is 0.300 e. The van der Waals surface area contributed by atoms with Crippen LogP contribution in [0.1, 0.15) is 17.2 Å². The van der Waals surface area contributed by atoms with Crippen molar-refractivity contribution in [2.24, 2.45) is 0 Å². The number of ketones is 1. The molecule has 0 aromatic heterocycles. The van der Waals surface area contributed by atoms with Crippen molar-refractivity contribution in [2.75, 3.05) is 19.1 Å². The molecule has 3 aromatic rings. The number of hydrogen-bond acceptors (Lipinski definition) is 5. The molecule has 1 aliphatic heterocycles. The summed E-state index contributed by atoms with van der Waals surface area (Å²) in [5, 5.41) is 11.1. The van der Waals surface area contributed by atoms with Crippen LogP contribution in [0, 0.1) is 5.82 Å². The van der Waals surface area contributed by atoms with Crippen molar-refractivity contribution in [2.45, 2.75) is 6.04 Å². The molecule has 7 heteroatoms. The van der Waals surface area contributed by atoms with Crippen molar-refractivity contribution < 1.29 is 28.6 Å². The van der Waals surface area contributed by atoms with Crippen LogP contribution in [0.4, 0.5) is 10.1 Å². The molecule has 0 radical (unpaired) electrons. The molecule has 0 spiro atoms. The number of nitrogens with zero attached hydrogens (tertiary/aromatic N) is 1. The Labute approximate surface area is 184 Å². The van der Waals surface area contributed by atoms with E-state index < -0.39 is 29.3 Å². The molecule has 4 rings (SSSR count). The molecule has 1 atom stereocenters. The highest BCUT2D eigenvalue weighted by molar-refractivity contribution is 6.51. The summed E-state index contributed by atoms with van der Waals surface area (Å²) in [5.74, 6) is -2.04. The highest BCUT2D eigenvalue weighted by atomic mass is 19.1. The second-order valence-corrected chi connectivity index (χ2v) is 7.10. The number of hydrogen-bond donors (Lipinski definition) is 1. The average molecular weight is 433 g/mol. The summed E-state index contributed by atoms with van der Waals surface area (Å²) >= 11 is 0. The number of rotatable bonds is 5. The van der Waals surface area contributed by atoms with Crippen molar-refractivity contribution in [1.82, 2.24) is 0 Å². The van der Waals surface area contributed by atoms with Gasteiger partial charge in [-0.3, -0.25) is 14.5 Å².